The Bertz CT molecular complexity index is 862. The summed E-state index contributed by atoms with van der Waals surface area (Å²) < 4.78 is 1.36. The van der Waals surface area contributed by atoms with Gasteiger partial charge in [-0.1, -0.05) is 30.3 Å². The lowest BCUT2D eigenvalue weighted by Crippen LogP contribution is -2.00. The molecule has 2 unspecified atom stereocenters. The summed E-state index contributed by atoms with van der Waals surface area (Å²) in [6.07, 6.45) is 4.19. The predicted octanol–water partition coefficient (Wildman–Crippen LogP) is 5.96. The van der Waals surface area contributed by atoms with E-state index in [0.717, 1.165) is 11.8 Å². The normalized spacial score (nSPS) is 23.6. The minimum absolute atomic E-state index is 0.820. The molecule has 3 aromatic rings. The molecular weight excluding hydrogens is 355 g/mol. The van der Waals surface area contributed by atoms with Crippen molar-refractivity contribution in [2.24, 2.45) is 0 Å². The summed E-state index contributed by atoms with van der Waals surface area (Å²) in [7, 11) is 0. The first-order valence-corrected chi connectivity index (χ1v) is 8.54. The minimum atomic E-state index is 0.820. The lowest BCUT2D eigenvalue weighted by atomic mass is 9.83. The largest absolute Gasteiger partial charge is 0.0616 e. The van der Waals surface area contributed by atoms with Crippen LogP contribution in [0.3, 0.4) is 0 Å². The highest BCUT2D eigenvalue weighted by atomic mass is 127. The van der Waals surface area contributed by atoms with Crippen molar-refractivity contribution in [3.05, 3.63) is 57.2 Å². The van der Waals surface area contributed by atoms with Crippen LogP contribution in [0.1, 0.15) is 42.2 Å². The van der Waals surface area contributed by atoms with Crippen LogP contribution in [0, 0.1) is 3.57 Å². The van der Waals surface area contributed by atoms with Crippen molar-refractivity contribution in [2.45, 2.75) is 31.1 Å². The van der Waals surface area contributed by atoms with E-state index in [9.17, 15) is 0 Å². The van der Waals surface area contributed by atoms with Gasteiger partial charge in [-0.2, -0.15) is 0 Å². The third kappa shape index (κ3) is 1.37. The van der Waals surface area contributed by atoms with Gasteiger partial charge in [0, 0.05) is 3.57 Å². The Balaban J connectivity index is 2.07. The molecule has 0 spiro atoms. The van der Waals surface area contributed by atoms with Gasteiger partial charge >= 0.3 is 0 Å². The molecule has 0 heterocycles. The number of hydrogen-bond acceptors (Lipinski definition) is 0. The van der Waals surface area contributed by atoms with Gasteiger partial charge in [-0.15, -0.1) is 0 Å². The number of benzene rings is 3. The number of hydrogen-bond donors (Lipinski definition) is 0. The zero-order chi connectivity index (χ0) is 13.3. The summed E-state index contributed by atoms with van der Waals surface area (Å²) in [5, 5.41) is 5.94. The van der Waals surface area contributed by atoms with Crippen molar-refractivity contribution in [1.29, 1.82) is 0 Å². The molecule has 0 radical (unpaired) electrons. The second-order valence-electron chi connectivity index (χ2n) is 6.27. The van der Waals surface area contributed by atoms with Crippen LogP contribution in [-0.4, -0.2) is 0 Å². The monoisotopic (exact) mass is 370 g/mol. The van der Waals surface area contributed by atoms with Gasteiger partial charge in [0.15, 0.2) is 0 Å². The van der Waals surface area contributed by atoms with Gasteiger partial charge in [0.25, 0.3) is 0 Å². The third-order valence-electron chi connectivity index (χ3n) is 5.32. The maximum atomic E-state index is 2.45. The van der Waals surface area contributed by atoms with Crippen LogP contribution < -0.4 is 0 Å². The average Bonchev–Trinajstić information content (AvgIpc) is 3.08. The summed E-state index contributed by atoms with van der Waals surface area (Å²) >= 11 is 2.45. The van der Waals surface area contributed by atoms with Crippen molar-refractivity contribution in [3.8, 4) is 0 Å². The van der Waals surface area contributed by atoms with E-state index in [0.29, 0.717) is 0 Å². The third-order valence-corrected chi connectivity index (χ3v) is 5.99. The zero-order valence-electron chi connectivity index (χ0n) is 11.2. The highest BCUT2D eigenvalue weighted by molar-refractivity contribution is 14.1. The lowest BCUT2D eigenvalue weighted by Gasteiger charge is -2.21. The molecule has 2 aliphatic rings. The van der Waals surface area contributed by atoms with Crippen molar-refractivity contribution >= 4 is 44.1 Å². The molecule has 5 rings (SSSR count). The molecule has 3 aromatic carbocycles. The maximum Gasteiger partial charge on any atom is 0.0136 e. The molecule has 2 atom stereocenters. The van der Waals surface area contributed by atoms with E-state index >= 15 is 0 Å². The molecule has 0 aromatic heterocycles. The molecule has 1 fully saturated rings. The fourth-order valence-electron chi connectivity index (χ4n) is 4.60. The van der Waals surface area contributed by atoms with Gasteiger partial charge in [0.2, 0.25) is 0 Å². The lowest BCUT2D eigenvalue weighted by molar-refractivity contribution is 0.726. The minimum Gasteiger partial charge on any atom is -0.0616 e. The fraction of sp³-hybridized carbons (Fsp3) is 0.263. The molecule has 0 amide bonds. The Morgan fingerprint density at radius 2 is 1.40 bits per heavy atom. The Hall–Kier alpha value is -1.09. The summed E-state index contributed by atoms with van der Waals surface area (Å²) in [6.45, 7) is 0. The van der Waals surface area contributed by atoms with E-state index in [1.165, 1.54) is 44.4 Å². The topological polar surface area (TPSA) is 0 Å². The van der Waals surface area contributed by atoms with E-state index in [4.69, 9.17) is 0 Å². The van der Waals surface area contributed by atoms with E-state index < -0.39 is 0 Å². The van der Waals surface area contributed by atoms with Gasteiger partial charge in [0.05, 0.1) is 0 Å². The highest BCUT2D eigenvalue weighted by Gasteiger charge is 2.39. The van der Waals surface area contributed by atoms with Gasteiger partial charge in [-0.3, -0.25) is 0 Å². The number of halogens is 1. The first kappa shape index (κ1) is 11.6. The molecule has 0 saturated heterocycles. The van der Waals surface area contributed by atoms with Gasteiger partial charge in [-0.25, -0.2) is 0 Å². The Labute approximate surface area is 132 Å². The summed E-state index contributed by atoms with van der Waals surface area (Å²) in [5.74, 6) is 1.64. The second-order valence-corrected chi connectivity index (χ2v) is 7.52. The van der Waals surface area contributed by atoms with Crippen LogP contribution in [0.25, 0.3) is 21.5 Å². The van der Waals surface area contributed by atoms with Crippen LogP contribution in [0.2, 0.25) is 0 Å². The molecule has 0 nitrogen and oxygen atoms in total. The van der Waals surface area contributed by atoms with Crippen molar-refractivity contribution in [3.63, 3.8) is 0 Å². The van der Waals surface area contributed by atoms with E-state index in [2.05, 4.69) is 65.1 Å². The average molecular weight is 370 g/mol. The van der Waals surface area contributed by atoms with Crippen LogP contribution in [0.15, 0.2) is 42.5 Å². The molecule has 98 valence electrons. The van der Waals surface area contributed by atoms with Crippen molar-refractivity contribution in [1.82, 2.24) is 0 Å². The maximum absolute atomic E-state index is 2.45. The quantitative estimate of drug-likeness (QED) is 0.338. The van der Waals surface area contributed by atoms with Crippen LogP contribution >= 0.6 is 22.6 Å². The predicted molar refractivity (Wildman–Crippen MR) is 93.5 cm³/mol. The SMILES string of the molecule is Ic1ccc2c(c1)c1c(c3ccccc32)C2CCC1C2. The van der Waals surface area contributed by atoms with Gasteiger partial charge < -0.3 is 0 Å². The molecule has 1 heteroatoms. The van der Waals surface area contributed by atoms with Crippen molar-refractivity contribution in [2.75, 3.05) is 0 Å². The van der Waals surface area contributed by atoms with Gasteiger partial charge in [-0.05, 0) is 98.5 Å². The summed E-state index contributed by atoms with van der Waals surface area (Å²) in [6, 6.07) is 16.0. The molecule has 0 aliphatic heterocycles. The molecule has 2 bridgehead atoms. The Morgan fingerprint density at radius 3 is 2.20 bits per heavy atom. The smallest absolute Gasteiger partial charge is 0.0136 e. The number of fused-ring (bicyclic) bond motifs is 10. The first-order valence-electron chi connectivity index (χ1n) is 7.46. The standard InChI is InChI=1S/C19H15I/c20-13-7-8-15-14-3-1-2-4-16(14)18-11-5-6-12(9-11)19(18)17(15)10-13/h1-4,7-8,10-12H,5-6,9H2. The highest BCUT2D eigenvalue weighted by Crippen LogP contribution is 2.57. The second kappa shape index (κ2) is 3.97. The molecule has 2 aliphatic carbocycles. The van der Waals surface area contributed by atoms with E-state index in [1.54, 1.807) is 11.1 Å². The van der Waals surface area contributed by atoms with Crippen LogP contribution in [0.5, 0.6) is 0 Å². The van der Waals surface area contributed by atoms with Crippen LogP contribution in [0.4, 0.5) is 0 Å². The summed E-state index contributed by atoms with van der Waals surface area (Å²) in [5.41, 5.74) is 3.37. The van der Waals surface area contributed by atoms with E-state index in [1.807, 2.05) is 0 Å². The molecular formula is C19H15I. The van der Waals surface area contributed by atoms with Crippen LogP contribution in [-0.2, 0) is 0 Å². The molecule has 1 saturated carbocycles. The number of rotatable bonds is 0. The van der Waals surface area contributed by atoms with Crippen molar-refractivity contribution < 1.29 is 0 Å². The fourth-order valence-corrected chi connectivity index (χ4v) is 5.09. The molecule has 0 N–H and O–H groups in total. The van der Waals surface area contributed by atoms with Gasteiger partial charge in [0.1, 0.15) is 0 Å². The Morgan fingerprint density at radius 1 is 0.750 bits per heavy atom. The zero-order valence-corrected chi connectivity index (χ0v) is 13.4. The molecule has 20 heavy (non-hydrogen) atoms. The van der Waals surface area contributed by atoms with E-state index in [-0.39, 0.29) is 0 Å². The summed E-state index contributed by atoms with van der Waals surface area (Å²) in [4.78, 5) is 0. The Kier molecular flexibility index (Phi) is 2.29. The first-order chi connectivity index (χ1) is 9.83.